The number of aryl methyl sites for hydroxylation is 1. The highest BCUT2D eigenvalue weighted by Crippen LogP contribution is 2.30. The van der Waals surface area contributed by atoms with Crippen LogP contribution in [-0.4, -0.2) is 87.9 Å². The number of nitrogens with two attached hydrogens (primary N) is 1. The van der Waals surface area contributed by atoms with Crippen LogP contribution in [0.2, 0.25) is 0 Å². The SMILES string of the molecule is CN1CCC[C@H]1c1cncc(CCCNC(=O)CCC(=O)CCCCOCCOCCOCCCN)c1. The number of hydrogen-bond acceptors (Lipinski definition) is 8. The van der Waals surface area contributed by atoms with Gasteiger partial charge in [-0.3, -0.25) is 19.5 Å². The first-order valence-corrected chi connectivity index (χ1v) is 14.0. The van der Waals surface area contributed by atoms with E-state index in [9.17, 15) is 9.59 Å². The number of aromatic nitrogens is 1. The van der Waals surface area contributed by atoms with Crippen molar-refractivity contribution in [3.8, 4) is 0 Å². The van der Waals surface area contributed by atoms with Gasteiger partial charge in [-0.15, -0.1) is 0 Å². The van der Waals surface area contributed by atoms with E-state index in [-0.39, 0.29) is 18.1 Å². The van der Waals surface area contributed by atoms with Crippen LogP contribution in [0.4, 0.5) is 0 Å². The molecule has 0 aliphatic carbocycles. The highest BCUT2D eigenvalue weighted by molar-refractivity contribution is 5.84. The molecule has 0 saturated carbocycles. The van der Waals surface area contributed by atoms with Gasteiger partial charge in [0.15, 0.2) is 0 Å². The quantitative estimate of drug-likeness (QED) is 0.224. The maximum atomic E-state index is 12.1. The molecule has 1 atom stereocenters. The molecule has 0 aromatic carbocycles. The maximum Gasteiger partial charge on any atom is 0.220 e. The number of amides is 1. The van der Waals surface area contributed by atoms with Crippen molar-refractivity contribution in [2.45, 2.75) is 70.3 Å². The number of Topliss-reactive ketones (excluding diaryl/α,β-unsaturated/α-hetero) is 1. The zero-order valence-electron chi connectivity index (χ0n) is 22.8. The van der Waals surface area contributed by atoms with E-state index in [2.05, 4.69) is 28.3 Å². The lowest BCUT2D eigenvalue weighted by Crippen LogP contribution is -2.25. The van der Waals surface area contributed by atoms with Gasteiger partial charge in [-0.1, -0.05) is 6.07 Å². The lowest BCUT2D eigenvalue weighted by Gasteiger charge is -2.19. The first-order valence-electron chi connectivity index (χ1n) is 14.0. The number of likely N-dealkylation sites (tertiary alicyclic amines) is 1. The van der Waals surface area contributed by atoms with E-state index >= 15 is 0 Å². The Morgan fingerprint density at radius 2 is 1.70 bits per heavy atom. The number of hydrogen-bond donors (Lipinski definition) is 2. The summed E-state index contributed by atoms with van der Waals surface area (Å²) in [7, 11) is 2.17. The largest absolute Gasteiger partial charge is 0.379 e. The number of ketones is 1. The van der Waals surface area contributed by atoms with Gasteiger partial charge in [0, 0.05) is 57.5 Å². The van der Waals surface area contributed by atoms with Crippen molar-refractivity contribution in [3.63, 3.8) is 0 Å². The van der Waals surface area contributed by atoms with Crippen molar-refractivity contribution < 1.29 is 23.8 Å². The Labute approximate surface area is 222 Å². The first kappa shape index (κ1) is 31.3. The summed E-state index contributed by atoms with van der Waals surface area (Å²) >= 11 is 0. The van der Waals surface area contributed by atoms with Crippen molar-refractivity contribution in [2.24, 2.45) is 5.73 Å². The Hall–Kier alpha value is -1.91. The summed E-state index contributed by atoms with van der Waals surface area (Å²) in [6.07, 6.45) is 11.6. The Morgan fingerprint density at radius 1 is 0.973 bits per heavy atom. The van der Waals surface area contributed by atoms with E-state index in [4.69, 9.17) is 19.9 Å². The lowest BCUT2D eigenvalue weighted by atomic mass is 10.0. The summed E-state index contributed by atoms with van der Waals surface area (Å²) in [5.74, 6) is 0.0776. The molecule has 1 saturated heterocycles. The van der Waals surface area contributed by atoms with Crippen LogP contribution in [0.25, 0.3) is 0 Å². The molecule has 37 heavy (non-hydrogen) atoms. The lowest BCUT2D eigenvalue weighted by molar-refractivity contribution is -0.125. The molecule has 0 bridgehead atoms. The Kier molecular flexibility index (Phi) is 17.0. The van der Waals surface area contributed by atoms with E-state index in [0.717, 1.165) is 38.6 Å². The Morgan fingerprint density at radius 3 is 2.41 bits per heavy atom. The van der Waals surface area contributed by atoms with Crippen molar-refractivity contribution in [1.29, 1.82) is 0 Å². The molecule has 9 nitrogen and oxygen atoms in total. The summed E-state index contributed by atoms with van der Waals surface area (Å²) in [6.45, 7) is 5.89. The second kappa shape index (κ2) is 20.1. The van der Waals surface area contributed by atoms with E-state index in [0.29, 0.717) is 71.6 Å². The number of pyridine rings is 1. The van der Waals surface area contributed by atoms with Gasteiger partial charge < -0.3 is 25.3 Å². The highest BCUT2D eigenvalue weighted by atomic mass is 16.5. The second-order valence-corrected chi connectivity index (χ2v) is 9.69. The van der Waals surface area contributed by atoms with Crippen LogP contribution in [0.1, 0.15) is 75.0 Å². The van der Waals surface area contributed by atoms with Crippen molar-refractivity contribution >= 4 is 11.7 Å². The highest BCUT2D eigenvalue weighted by Gasteiger charge is 2.22. The normalized spacial score (nSPS) is 15.8. The molecule has 0 radical (unpaired) electrons. The van der Waals surface area contributed by atoms with Crippen LogP contribution in [0.15, 0.2) is 18.5 Å². The van der Waals surface area contributed by atoms with E-state index in [1.54, 1.807) is 0 Å². The molecule has 1 aliphatic rings. The van der Waals surface area contributed by atoms with Gasteiger partial charge in [0.1, 0.15) is 5.78 Å². The summed E-state index contributed by atoms with van der Waals surface area (Å²) < 4.78 is 16.3. The molecular weight excluding hydrogens is 472 g/mol. The van der Waals surface area contributed by atoms with Crippen molar-refractivity contribution in [3.05, 3.63) is 29.6 Å². The molecule has 0 unspecified atom stereocenters. The molecule has 2 rings (SSSR count). The summed E-state index contributed by atoms with van der Waals surface area (Å²) in [5.41, 5.74) is 7.89. The van der Waals surface area contributed by atoms with E-state index in [1.165, 1.54) is 24.0 Å². The molecule has 9 heteroatoms. The number of ether oxygens (including phenoxy) is 3. The van der Waals surface area contributed by atoms with E-state index < -0.39 is 0 Å². The van der Waals surface area contributed by atoms with Gasteiger partial charge in [-0.05, 0) is 76.2 Å². The van der Waals surface area contributed by atoms with Crippen LogP contribution < -0.4 is 11.1 Å². The number of unbranched alkanes of at least 4 members (excludes halogenated alkanes) is 1. The number of nitrogens with zero attached hydrogens (tertiary/aromatic N) is 2. The first-order chi connectivity index (χ1) is 18.1. The third kappa shape index (κ3) is 14.6. The summed E-state index contributed by atoms with van der Waals surface area (Å²) in [6, 6.07) is 2.72. The van der Waals surface area contributed by atoms with Gasteiger partial charge in [0.25, 0.3) is 0 Å². The van der Waals surface area contributed by atoms with Crippen molar-refractivity contribution in [1.82, 2.24) is 15.2 Å². The summed E-state index contributed by atoms with van der Waals surface area (Å²) in [4.78, 5) is 31.0. The van der Waals surface area contributed by atoms with Gasteiger partial charge in [-0.25, -0.2) is 0 Å². The third-order valence-corrected chi connectivity index (χ3v) is 6.55. The number of rotatable bonds is 22. The van der Waals surface area contributed by atoms with Gasteiger partial charge in [0.05, 0.1) is 26.4 Å². The second-order valence-electron chi connectivity index (χ2n) is 9.69. The van der Waals surface area contributed by atoms with Gasteiger partial charge in [-0.2, -0.15) is 0 Å². The average Bonchev–Trinajstić information content (AvgIpc) is 3.34. The fourth-order valence-corrected chi connectivity index (χ4v) is 4.40. The van der Waals surface area contributed by atoms with Crippen LogP contribution in [-0.2, 0) is 30.2 Å². The zero-order valence-corrected chi connectivity index (χ0v) is 22.8. The van der Waals surface area contributed by atoms with Crippen LogP contribution in [0.5, 0.6) is 0 Å². The molecule has 0 spiro atoms. The number of carbonyl (C=O) groups excluding carboxylic acids is 2. The topological polar surface area (TPSA) is 116 Å². The Bertz CT molecular complexity index is 764. The van der Waals surface area contributed by atoms with E-state index in [1.807, 2.05) is 12.4 Å². The number of nitrogens with one attached hydrogen (secondary N) is 1. The molecule has 1 amide bonds. The van der Waals surface area contributed by atoms with Gasteiger partial charge in [0.2, 0.25) is 5.91 Å². The fraction of sp³-hybridized carbons (Fsp3) is 0.750. The molecule has 1 aromatic heterocycles. The zero-order chi connectivity index (χ0) is 26.6. The van der Waals surface area contributed by atoms with Gasteiger partial charge >= 0.3 is 0 Å². The standard InChI is InChI=1S/C28H48N4O5/c1-32-14-5-9-27(32)25-21-24(22-30-23-25)7-4-13-31-28(34)11-10-26(33)8-2-3-15-35-17-19-37-20-18-36-16-6-12-29/h21-23,27H,2-20,29H2,1H3,(H,31,34)/t27-/m0/s1. The molecule has 1 fully saturated rings. The predicted octanol–water partition coefficient (Wildman–Crippen LogP) is 2.82. The average molecular weight is 521 g/mol. The smallest absolute Gasteiger partial charge is 0.220 e. The molecule has 3 N–H and O–H groups in total. The predicted molar refractivity (Wildman–Crippen MR) is 144 cm³/mol. The van der Waals surface area contributed by atoms with Crippen molar-refractivity contribution in [2.75, 3.05) is 66.3 Å². The minimum atomic E-state index is -0.0547. The number of carbonyl (C=O) groups is 2. The maximum absolute atomic E-state index is 12.1. The molecule has 2 heterocycles. The third-order valence-electron chi connectivity index (χ3n) is 6.55. The van der Waals surface area contributed by atoms with Crippen LogP contribution in [0.3, 0.4) is 0 Å². The van der Waals surface area contributed by atoms with Crippen LogP contribution >= 0.6 is 0 Å². The minimum Gasteiger partial charge on any atom is -0.379 e. The molecule has 210 valence electrons. The molecular formula is C28H48N4O5. The summed E-state index contributed by atoms with van der Waals surface area (Å²) in [5, 5.41) is 2.94. The minimum absolute atomic E-state index is 0.0547. The molecule has 1 aliphatic heterocycles. The van der Waals surface area contributed by atoms with Crippen LogP contribution in [0, 0.1) is 0 Å². The fourth-order valence-electron chi connectivity index (χ4n) is 4.40. The molecule has 1 aromatic rings. The monoisotopic (exact) mass is 520 g/mol. The Balaban J connectivity index is 1.40.